The third kappa shape index (κ3) is 2.96. The van der Waals surface area contributed by atoms with E-state index in [0.29, 0.717) is 6.54 Å². The van der Waals surface area contributed by atoms with E-state index in [4.69, 9.17) is 0 Å². The Kier molecular flexibility index (Phi) is 4.04. The first-order chi connectivity index (χ1) is 9.80. The minimum atomic E-state index is -1.77. The van der Waals surface area contributed by atoms with E-state index in [1.165, 1.54) is 0 Å². The Morgan fingerprint density at radius 2 is 1.64 bits per heavy atom. The van der Waals surface area contributed by atoms with E-state index in [9.17, 15) is 19.1 Å². The first-order valence-electron chi connectivity index (χ1n) is 7.74. The summed E-state index contributed by atoms with van der Waals surface area (Å²) < 4.78 is 14.3. The van der Waals surface area contributed by atoms with Gasteiger partial charge in [0.1, 0.15) is 5.60 Å². The number of ketones is 2. The third-order valence-electron chi connectivity index (χ3n) is 4.53. The molecule has 6 heteroatoms. The molecule has 0 aromatic heterocycles. The molecule has 2 aliphatic rings. The van der Waals surface area contributed by atoms with Gasteiger partial charge >= 0.3 is 0 Å². The normalized spacial score (nSPS) is 24.3. The number of halogens is 1. The number of hydrogen-bond acceptors (Lipinski definition) is 5. The number of nitrogens with zero attached hydrogens (tertiary/aromatic N) is 1. The quantitative estimate of drug-likeness (QED) is 0.776. The van der Waals surface area contributed by atoms with Crippen molar-refractivity contribution in [2.75, 3.05) is 32.7 Å². The highest BCUT2D eigenvalue weighted by Gasteiger charge is 2.55. The monoisotopic (exact) mass is 314 g/mol. The molecule has 2 N–H and O–H groups in total. The Morgan fingerprint density at radius 1 is 1.14 bits per heavy atom. The predicted molar refractivity (Wildman–Crippen MR) is 81.3 cm³/mol. The molecule has 0 atom stereocenters. The molecule has 2 heterocycles. The molecule has 126 valence electrons. The fourth-order valence-electron chi connectivity index (χ4n) is 3.39. The van der Waals surface area contributed by atoms with Gasteiger partial charge in [0.25, 0.3) is 0 Å². The maximum atomic E-state index is 14.3. The molecule has 0 bridgehead atoms. The van der Waals surface area contributed by atoms with Crippen LogP contribution in [0, 0.1) is 10.8 Å². The van der Waals surface area contributed by atoms with Gasteiger partial charge in [-0.1, -0.05) is 34.6 Å². The van der Waals surface area contributed by atoms with Gasteiger partial charge in [0.2, 0.25) is 0 Å². The Labute approximate surface area is 131 Å². The number of likely N-dealkylation sites (tertiary alicyclic amines) is 1. The van der Waals surface area contributed by atoms with Crippen LogP contribution < -0.4 is 5.32 Å². The van der Waals surface area contributed by atoms with Crippen LogP contribution in [0.25, 0.3) is 0 Å². The molecule has 5 nitrogen and oxygen atoms in total. The predicted octanol–water partition coefficient (Wildman–Crippen LogP) is 0.555. The number of nitrogens with one attached hydrogen (secondary N) is 1. The zero-order chi connectivity index (χ0) is 17.0. The van der Waals surface area contributed by atoms with Crippen LogP contribution in [-0.4, -0.2) is 65.6 Å². The van der Waals surface area contributed by atoms with E-state index in [1.54, 1.807) is 34.6 Å². The second kappa shape index (κ2) is 5.08. The Bertz CT molecular complexity index is 486. The number of hydrogen-bond donors (Lipinski definition) is 2. The van der Waals surface area contributed by atoms with Gasteiger partial charge in [-0.25, -0.2) is 4.39 Å². The van der Waals surface area contributed by atoms with E-state index in [1.807, 2.05) is 4.90 Å². The lowest BCUT2D eigenvalue weighted by Crippen LogP contribution is -2.70. The lowest BCUT2D eigenvalue weighted by Gasteiger charge is -2.50. The zero-order valence-electron chi connectivity index (χ0n) is 14.1. The van der Waals surface area contributed by atoms with Crippen molar-refractivity contribution in [1.82, 2.24) is 10.2 Å². The van der Waals surface area contributed by atoms with Crippen LogP contribution in [0.1, 0.15) is 34.6 Å². The summed E-state index contributed by atoms with van der Waals surface area (Å²) in [5.74, 6) is -0.595. The molecule has 2 fully saturated rings. The number of Topliss-reactive ketones (excluding diaryl/α,β-unsaturated/α-hetero) is 2. The molecule has 0 amide bonds. The summed E-state index contributed by atoms with van der Waals surface area (Å²) >= 11 is 0. The fraction of sp³-hybridized carbons (Fsp3) is 0.875. The van der Waals surface area contributed by atoms with Gasteiger partial charge in [-0.05, 0) is 0 Å². The Morgan fingerprint density at radius 3 is 2.00 bits per heavy atom. The van der Waals surface area contributed by atoms with Crippen molar-refractivity contribution in [3.63, 3.8) is 0 Å². The fourth-order valence-corrected chi connectivity index (χ4v) is 3.39. The molecule has 0 aromatic carbocycles. The summed E-state index contributed by atoms with van der Waals surface area (Å²) in [6, 6.07) is 0. The van der Waals surface area contributed by atoms with Crippen LogP contribution in [0.4, 0.5) is 4.39 Å². The maximum Gasteiger partial charge on any atom is 0.193 e. The molecule has 0 radical (unpaired) electrons. The van der Waals surface area contributed by atoms with Gasteiger partial charge in [-0.2, -0.15) is 0 Å². The van der Waals surface area contributed by atoms with Gasteiger partial charge in [0.15, 0.2) is 17.2 Å². The highest BCUT2D eigenvalue weighted by Crippen LogP contribution is 2.35. The highest BCUT2D eigenvalue weighted by atomic mass is 19.1. The Hall–Kier alpha value is -0.850. The van der Waals surface area contributed by atoms with E-state index in [-0.39, 0.29) is 32.0 Å². The lowest BCUT2D eigenvalue weighted by atomic mass is 9.73. The number of β-amino-alcohol motifs (C(OH)–C–C–N with tert-alkyl or cyclic N) is 1. The zero-order valence-corrected chi connectivity index (χ0v) is 14.1. The minimum absolute atomic E-state index is 0.0711. The van der Waals surface area contributed by atoms with Gasteiger partial charge in [0.05, 0.1) is 0 Å². The van der Waals surface area contributed by atoms with Crippen LogP contribution in [0.3, 0.4) is 0 Å². The summed E-state index contributed by atoms with van der Waals surface area (Å²) in [5.41, 5.74) is -4.57. The standard InChI is InChI=1S/C16H27FN2O3/c1-13(2,3)11(20)16(22)9-19(10-16)8-14(4,5)12(21)15(17)6-18-7-15/h18,22H,6-10H2,1-5H3. The van der Waals surface area contributed by atoms with E-state index >= 15 is 0 Å². The van der Waals surface area contributed by atoms with Crippen LogP contribution in [0.5, 0.6) is 0 Å². The molecule has 2 rings (SSSR count). The SMILES string of the molecule is CC(C)(C)C(=O)C1(O)CN(CC(C)(C)C(=O)C2(F)CNC2)C1. The van der Waals surface area contributed by atoms with Crippen LogP contribution in [-0.2, 0) is 9.59 Å². The second-order valence-corrected chi connectivity index (χ2v) is 8.54. The van der Waals surface area contributed by atoms with Crippen molar-refractivity contribution in [1.29, 1.82) is 0 Å². The van der Waals surface area contributed by atoms with Crippen LogP contribution >= 0.6 is 0 Å². The largest absolute Gasteiger partial charge is 0.379 e. The van der Waals surface area contributed by atoms with Gasteiger partial charge in [0, 0.05) is 43.6 Å². The lowest BCUT2D eigenvalue weighted by molar-refractivity contribution is -0.169. The van der Waals surface area contributed by atoms with E-state index in [0.717, 1.165) is 0 Å². The number of aliphatic hydroxyl groups is 1. The second-order valence-electron chi connectivity index (χ2n) is 8.54. The molecule has 0 spiro atoms. The Balaban J connectivity index is 1.94. The first-order valence-corrected chi connectivity index (χ1v) is 7.74. The molecule has 2 aliphatic heterocycles. The molecule has 0 saturated carbocycles. The molecule has 0 unspecified atom stereocenters. The van der Waals surface area contributed by atoms with Gasteiger partial charge < -0.3 is 10.4 Å². The molecule has 0 aliphatic carbocycles. The molecular weight excluding hydrogens is 287 g/mol. The molecule has 22 heavy (non-hydrogen) atoms. The van der Waals surface area contributed by atoms with Crippen molar-refractivity contribution in [3.05, 3.63) is 0 Å². The summed E-state index contributed by atoms with van der Waals surface area (Å²) in [4.78, 5) is 26.4. The number of carbonyl (C=O) groups excluding carboxylic acids is 2. The summed E-state index contributed by atoms with van der Waals surface area (Å²) in [6.07, 6.45) is 0. The molecule has 2 saturated heterocycles. The number of rotatable bonds is 5. The maximum absolute atomic E-state index is 14.3. The van der Waals surface area contributed by atoms with E-state index < -0.39 is 27.9 Å². The summed E-state index contributed by atoms with van der Waals surface area (Å²) in [5, 5.41) is 13.2. The van der Waals surface area contributed by atoms with Crippen molar-refractivity contribution >= 4 is 11.6 Å². The highest BCUT2D eigenvalue weighted by molar-refractivity contribution is 5.94. The van der Waals surface area contributed by atoms with Crippen molar-refractivity contribution < 1.29 is 19.1 Å². The van der Waals surface area contributed by atoms with Gasteiger partial charge in [-0.15, -0.1) is 0 Å². The average Bonchev–Trinajstić information content (AvgIpc) is 2.30. The average molecular weight is 314 g/mol. The van der Waals surface area contributed by atoms with Crippen LogP contribution in [0.15, 0.2) is 0 Å². The van der Waals surface area contributed by atoms with Crippen LogP contribution in [0.2, 0.25) is 0 Å². The van der Waals surface area contributed by atoms with E-state index in [2.05, 4.69) is 5.32 Å². The van der Waals surface area contributed by atoms with Crippen molar-refractivity contribution in [2.45, 2.75) is 45.9 Å². The summed E-state index contributed by atoms with van der Waals surface area (Å²) in [6.45, 7) is 9.67. The van der Waals surface area contributed by atoms with Gasteiger partial charge in [-0.3, -0.25) is 14.5 Å². The minimum Gasteiger partial charge on any atom is -0.379 e. The number of carbonyl (C=O) groups is 2. The number of alkyl halides is 1. The summed E-state index contributed by atoms with van der Waals surface area (Å²) in [7, 11) is 0. The first kappa shape index (κ1) is 17.5. The third-order valence-corrected chi connectivity index (χ3v) is 4.53. The van der Waals surface area contributed by atoms with Crippen molar-refractivity contribution in [3.8, 4) is 0 Å². The molecule has 0 aromatic rings. The molecular formula is C16H27FN2O3. The topological polar surface area (TPSA) is 69.6 Å². The smallest absolute Gasteiger partial charge is 0.193 e. The van der Waals surface area contributed by atoms with Crippen molar-refractivity contribution in [2.24, 2.45) is 10.8 Å².